The third-order valence-corrected chi connectivity index (χ3v) is 5.19. The van der Waals surface area contributed by atoms with Crippen molar-refractivity contribution >= 4 is 28.8 Å². The van der Waals surface area contributed by atoms with Gasteiger partial charge in [-0.15, -0.1) is 0 Å². The second-order valence-corrected chi connectivity index (χ2v) is 6.95. The molecular weight excluding hydrogens is 382 g/mol. The number of aryl methyl sites for hydroxylation is 1. The Hall–Kier alpha value is -3.75. The van der Waals surface area contributed by atoms with Crippen LogP contribution in [0.5, 0.6) is 0 Å². The summed E-state index contributed by atoms with van der Waals surface area (Å²) in [4.78, 5) is 28.5. The van der Waals surface area contributed by atoms with Crippen molar-refractivity contribution in [3.8, 4) is 0 Å². The lowest BCUT2D eigenvalue weighted by Gasteiger charge is -2.35. The van der Waals surface area contributed by atoms with Crippen molar-refractivity contribution in [3.05, 3.63) is 70.7 Å². The first-order valence-electron chi connectivity index (χ1n) is 9.92. The molecule has 1 aliphatic rings. The fourth-order valence-electron chi connectivity index (χ4n) is 3.63. The molecule has 0 radical (unpaired) electrons. The lowest BCUT2D eigenvalue weighted by atomic mass is 10.1. The van der Waals surface area contributed by atoms with Crippen LogP contribution >= 0.6 is 0 Å². The van der Waals surface area contributed by atoms with Crippen molar-refractivity contribution in [2.45, 2.75) is 13.3 Å². The van der Waals surface area contributed by atoms with Crippen molar-refractivity contribution in [2.24, 2.45) is 0 Å². The minimum atomic E-state index is -0.405. The molecular formula is C21H23N7O2. The van der Waals surface area contributed by atoms with E-state index < -0.39 is 4.92 Å². The minimum Gasteiger partial charge on any atom is -0.353 e. The Morgan fingerprint density at radius 2 is 1.73 bits per heavy atom. The van der Waals surface area contributed by atoms with Crippen LogP contribution < -0.4 is 15.1 Å². The molecule has 0 saturated carbocycles. The number of para-hydroxylation sites is 1. The third kappa shape index (κ3) is 4.00. The van der Waals surface area contributed by atoms with E-state index in [9.17, 15) is 10.1 Å². The number of nitro groups is 1. The van der Waals surface area contributed by atoms with Gasteiger partial charge in [0.1, 0.15) is 12.1 Å². The van der Waals surface area contributed by atoms with E-state index in [0.29, 0.717) is 32.0 Å². The highest BCUT2D eigenvalue weighted by atomic mass is 16.6. The zero-order chi connectivity index (χ0) is 20.9. The Labute approximate surface area is 174 Å². The van der Waals surface area contributed by atoms with Gasteiger partial charge in [0.25, 0.3) is 0 Å². The minimum absolute atomic E-state index is 0.102. The summed E-state index contributed by atoms with van der Waals surface area (Å²) in [7, 11) is 0. The first-order valence-corrected chi connectivity index (χ1v) is 9.92. The van der Waals surface area contributed by atoms with Crippen molar-refractivity contribution < 1.29 is 4.92 Å². The number of benzene rings is 1. The molecule has 1 aromatic carbocycles. The Balaban J connectivity index is 1.59. The van der Waals surface area contributed by atoms with Crippen molar-refractivity contribution in [3.63, 3.8) is 0 Å². The fourth-order valence-corrected chi connectivity index (χ4v) is 3.63. The van der Waals surface area contributed by atoms with Gasteiger partial charge < -0.3 is 15.1 Å². The van der Waals surface area contributed by atoms with Crippen LogP contribution in [0.3, 0.4) is 0 Å². The van der Waals surface area contributed by atoms with Crippen LogP contribution in [0.15, 0.2) is 55.0 Å². The van der Waals surface area contributed by atoms with Gasteiger partial charge in [0.2, 0.25) is 11.6 Å². The summed E-state index contributed by atoms with van der Waals surface area (Å²) < 4.78 is 0. The Morgan fingerprint density at radius 3 is 2.43 bits per heavy atom. The number of aromatic nitrogens is 3. The fraction of sp³-hybridized carbons (Fsp3) is 0.286. The van der Waals surface area contributed by atoms with Crippen LogP contribution in [0.25, 0.3) is 0 Å². The van der Waals surface area contributed by atoms with Crippen molar-refractivity contribution in [2.75, 3.05) is 41.3 Å². The van der Waals surface area contributed by atoms with Gasteiger partial charge in [0.05, 0.1) is 4.92 Å². The summed E-state index contributed by atoms with van der Waals surface area (Å²) in [5.74, 6) is 1.46. The quantitative estimate of drug-likeness (QED) is 0.492. The summed E-state index contributed by atoms with van der Waals surface area (Å²) in [6, 6.07) is 13.5. The maximum atomic E-state index is 12.0. The first-order chi connectivity index (χ1) is 14.7. The molecule has 1 saturated heterocycles. The number of rotatable bonds is 6. The monoisotopic (exact) mass is 405 g/mol. The summed E-state index contributed by atoms with van der Waals surface area (Å²) >= 11 is 0. The van der Waals surface area contributed by atoms with E-state index >= 15 is 0 Å². The van der Waals surface area contributed by atoms with E-state index in [2.05, 4.69) is 25.2 Å². The number of nitrogens with one attached hydrogen (secondary N) is 1. The second-order valence-electron chi connectivity index (χ2n) is 6.95. The Morgan fingerprint density at radius 1 is 1.00 bits per heavy atom. The molecule has 3 aromatic rings. The highest BCUT2D eigenvalue weighted by Crippen LogP contribution is 2.34. The lowest BCUT2D eigenvalue weighted by Crippen LogP contribution is -2.47. The van der Waals surface area contributed by atoms with E-state index in [-0.39, 0.29) is 11.5 Å². The average molecular weight is 405 g/mol. The topological polar surface area (TPSA) is 100 Å². The third-order valence-electron chi connectivity index (χ3n) is 5.19. The van der Waals surface area contributed by atoms with Gasteiger partial charge in [-0.2, -0.15) is 0 Å². The van der Waals surface area contributed by atoms with Gasteiger partial charge >= 0.3 is 5.69 Å². The van der Waals surface area contributed by atoms with Crippen LogP contribution in [-0.4, -0.2) is 46.1 Å². The predicted molar refractivity (Wildman–Crippen MR) is 116 cm³/mol. The normalized spacial score (nSPS) is 13.9. The van der Waals surface area contributed by atoms with E-state index in [4.69, 9.17) is 0 Å². The summed E-state index contributed by atoms with van der Waals surface area (Å²) in [5.41, 5.74) is 1.78. The summed E-state index contributed by atoms with van der Waals surface area (Å²) in [5, 5.41) is 15.1. The smallest absolute Gasteiger partial charge is 0.353 e. The zero-order valence-electron chi connectivity index (χ0n) is 16.7. The van der Waals surface area contributed by atoms with Gasteiger partial charge in [-0.3, -0.25) is 10.1 Å². The standard InChI is InChI=1S/C21H23N7O2/c1-2-16-7-3-4-8-17(16)25-20-19(28(29)30)21(24-15-23-20)27-13-11-26(12-14-27)18-9-5-6-10-22-18/h3-10,15H,2,11-14H2,1H3,(H,23,24,25). The van der Waals surface area contributed by atoms with Gasteiger partial charge in [0, 0.05) is 38.1 Å². The number of pyridine rings is 1. The molecule has 0 bridgehead atoms. The lowest BCUT2D eigenvalue weighted by molar-refractivity contribution is -0.383. The number of hydrogen-bond donors (Lipinski definition) is 1. The molecule has 2 aromatic heterocycles. The summed E-state index contributed by atoms with van der Waals surface area (Å²) in [6.07, 6.45) is 3.96. The van der Waals surface area contributed by atoms with E-state index in [1.807, 2.05) is 54.3 Å². The second kappa shape index (κ2) is 8.73. The van der Waals surface area contributed by atoms with Crippen LogP contribution in [0.1, 0.15) is 12.5 Å². The molecule has 30 heavy (non-hydrogen) atoms. The van der Waals surface area contributed by atoms with Gasteiger partial charge in [-0.05, 0) is 30.2 Å². The molecule has 1 aliphatic heterocycles. The molecule has 9 nitrogen and oxygen atoms in total. The largest absolute Gasteiger partial charge is 0.353 e. The molecule has 0 atom stereocenters. The molecule has 3 heterocycles. The molecule has 0 amide bonds. The zero-order valence-corrected chi connectivity index (χ0v) is 16.7. The number of hydrogen-bond acceptors (Lipinski definition) is 8. The van der Waals surface area contributed by atoms with Crippen molar-refractivity contribution in [1.82, 2.24) is 15.0 Å². The number of anilines is 4. The predicted octanol–water partition coefficient (Wildman–Crippen LogP) is 3.41. The van der Waals surface area contributed by atoms with Crippen LogP contribution in [0.2, 0.25) is 0 Å². The SMILES string of the molecule is CCc1ccccc1Nc1ncnc(N2CCN(c3ccccn3)CC2)c1[N+](=O)[O-]. The molecule has 1 N–H and O–H groups in total. The number of piperazine rings is 1. The van der Waals surface area contributed by atoms with Gasteiger partial charge in [-0.25, -0.2) is 15.0 Å². The maximum absolute atomic E-state index is 12.0. The van der Waals surface area contributed by atoms with Crippen LogP contribution in [0.4, 0.5) is 28.8 Å². The van der Waals surface area contributed by atoms with Gasteiger partial charge in [-0.1, -0.05) is 31.2 Å². The number of nitrogens with zero attached hydrogens (tertiary/aromatic N) is 6. The highest BCUT2D eigenvalue weighted by molar-refractivity contribution is 5.75. The molecule has 0 aliphatic carbocycles. The molecule has 1 fully saturated rings. The average Bonchev–Trinajstić information content (AvgIpc) is 2.80. The van der Waals surface area contributed by atoms with Gasteiger partial charge in [0.15, 0.2) is 0 Å². The van der Waals surface area contributed by atoms with E-state index in [1.54, 1.807) is 6.20 Å². The van der Waals surface area contributed by atoms with Crippen LogP contribution in [0, 0.1) is 10.1 Å². The van der Waals surface area contributed by atoms with Crippen molar-refractivity contribution in [1.29, 1.82) is 0 Å². The van der Waals surface area contributed by atoms with E-state index in [0.717, 1.165) is 23.5 Å². The molecule has 154 valence electrons. The first kappa shape index (κ1) is 19.6. The maximum Gasteiger partial charge on any atom is 0.353 e. The Bertz CT molecular complexity index is 1020. The molecule has 9 heteroatoms. The van der Waals surface area contributed by atoms with E-state index in [1.165, 1.54) is 6.33 Å². The summed E-state index contributed by atoms with van der Waals surface area (Å²) in [6.45, 7) is 4.68. The molecule has 0 spiro atoms. The molecule has 4 rings (SSSR count). The van der Waals surface area contributed by atoms with Crippen LogP contribution in [-0.2, 0) is 6.42 Å². The molecule has 0 unspecified atom stereocenters. The Kier molecular flexibility index (Phi) is 5.69. The highest BCUT2D eigenvalue weighted by Gasteiger charge is 2.29.